The molecule has 172 valence electrons. The topological polar surface area (TPSA) is 106 Å². The van der Waals surface area contributed by atoms with Crippen LogP contribution in [0.15, 0.2) is 42.5 Å². The molecule has 0 saturated heterocycles. The molecule has 32 heavy (non-hydrogen) atoms. The Kier molecular flexibility index (Phi) is 8.88. The van der Waals surface area contributed by atoms with Crippen molar-refractivity contribution < 1.29 is 28.6 Å². The molecule has 9 nitrogen and oxygen atoms in total. The zero-order chi connectivity index (χ0) is 23.7. The molecule has 0 saturated carbocycles. The molecule has 0 aliphatic carbocycles. The highest BCUT2D eigenvalue weighted by Crippen LogP contribution is 2.24. The van der Waals surface area contributed by atoms with E-state index >= 15 is 0 Å². The van der Waals surface area contributed by atoms with Crippen LogP contribution in [0, 0.1) is 0 Å². The van der Waals surface area contributed by atoms with Crippen LogP contribution in [0.5, 0.6) is 11.5 Å². The number of nitrogens with one attached hydrogen (secondary N) is 2. The van der Waals surface area contributed by atoms with Crippen LogP contribution in [-0.4, -0.2) is 56.7 Å². The number of hydrogen-bond donors (Lipinski definition) is 2. The Labute approximate surface area is 187 Å². The highest BCUT2D eigenvalue weighted by Gasteiger charge is 2.21. The Balaban J connectivity index is 2.29. The lowest BCUT2D eigenvalue weighted by atomic mass is 10.1. The molecular formula is C23H29N3O6. The molecule has 2 rings (SSSR count). The second-order valence-corrected chi connectivity index (χ2v) is 7.29. The predicted octanol–water partition coefficient (Wildman–Crippen LogP) is 3.05. The number of urea groups is 1. The summed E-state index contributed by atoms with van der Waals surface area (Å²) in [6.45, 7) is 3.56. The summed E-state index contributed by atoms with van der Waals surface area (Å²) in [4.78, 5) is 38.6. The molecule has 2 aromatic rings. The van der Waals surface area contributed by atoms with Gasteiger partial charge in [0.15, 0.2) is 0 Å². The number of anilines is 1. The largest absolute Gasteiger partial charge is 0.497 e. The van der Waals surface area contributed by atoms with Crippen LogP contribution in [0.25, 0.3) is 0 Å². The highest BCUT2D eigenvalue weighted by molar-refractivity contribution is 5.98. The van der Waals surface area contributed by atoms with Crippen LogP contribution in [0.2, 0.25) is 0 Å². The number of amides is 3. The number of benzene rings is 2. The molecule has 0 aliphatic rings. The number of carbonyl (C=O) groups excluding carboxylic acids is 3. The van der Waals surface area contributed by atoms with Gasteiger partial charge in [-0.2, -0.15) is 0 Å². The van der Waals surface area contributed by atoms with Crippen LogP contribution in [0.3, 0.4) is 0 Å². The first-order chi connectivity index (χ1) is 15.2. The minimum atomic E-state index is -0.557. The lowest BCUT2D eigenvalue weighted by Crippen LogP contribution is -2.36. The quantitative estimate of drug-likeness (QED) is 0.577. The summed E-state index contributed by atoms with van der Waals surface area (Å²) < 4.78 is 15.3. The van der Waals surface area contributed by atoms with E-state index < -0.39 is 11.9 Å². The van der Waals surface area contributed by atoms with Gasteiger partial charge in [-0.15, -0.1) is 0 Å². The summed E-state index contributed by atoms with van der Waals surface area (Å²) in [6.07, 6.45) is 0. The average molecular weight is 444 g/mol. The molecule has 0 radical (unpaired) electrons. The summed E-state index contributed by atoms with van der Waals surface area (Å²) in [6, 6.07) is 11.3. The molecule has 0 aliphatic heterocycles. The summed E-state index contributed by atoms with van der Waals surface area (Å²) in [5.74, 6) is 0.170. The standard InChI is InChI=1S/C23H29N3O6/c1-15(2)24-23(29)25-18-8-6-7-17(11-18)22(28)26(14-21(27)32-5)13-16-9-19(30-3)12-20(10-16)31-4/h6-12,15H,13-14H2,1-5H3,(H2,24,25,29). The molecule has 3 amide bonds. The molecule has 0 atom stereocenters. The van der Waals surface area contributed by atoms with E-state index in [1.807, 2.05) is 13.8 Å². The van der Waals surface area contributed by atoms with Gasteiger partial charge in [0.1, 0.15) is 18.0 Å². The third-order valence-electron chi connectivity index (χ3n) is 4.41. The van der Waals surface area contributed by atoms with E-state index in [0.29, 0.717) is 28.3 Å². The number of nitrogens with zero attached hydrogens (tertiary/aromatic N) is 1. The van der Waals surface area contributed by atoms with Crippen molar-refractivity contribution in [3.63, 3.8) is 0 Å². The molecule has 9 heteroatoms. The number of carbonyl (C=O) groups is 3. The van der Waals surface area contributed by atoms with Gasteiger partial charge in [0.2, 0.25) is 0 Å². The molecule has 0 heterocycles. The molecule has 0 bridgehead atoms. The van der Waals surface area contributed by atoms with Crippen molar-refractivity contribution in [2.75, 3.05) is 33.2 Å². The van der Waals surface area contributed by atoms with Crippen molar-refractivity contribution in [2.24, 2.45) is 0 Å². The first kappa shape index (κ1) is 24.5. The van der Waals surface area contributed by atoms with E-state index in [1.54, 1.807) is 42.5 Å². The van der Waals surface area contributed by atoms with Crippen LogP contribution in [0.1, 0.15) is 29.8 Å². The van der Waals surface area contributed by atoms with Gasteiger partial charge >= 0.3 is 12.0 Å². The maximum Gasteiger partial charge on any atom is 0.325 e. The van der Waals surface area contributed by atoms with Crippen molar-refractivity contribution in [1.29, 1.82) is 0 Å². The zero-order valence-electron chi connectivity index (χ0n) is 18.9. The molecule has 0 spiro atoms. The fraction of sp³-hybridized carbons (Fsp3) is 0.348. The van der Waals surface area contributed by atoms with Gasteiger partial charge in [-0.25, -0.2) is 4.79 Å². The minimum Gasteiger partial charge on any atom is -0.497 e. The lowest BCUT2D eigenvalue weighted by Gasteiger charge is -2.22. The van der Waals surface area contributed by atoms with Crippen molar-refractivity contribution in [3.8, 4) is 11.5 Å². The monoisotopic (exact) mass is 443 g/mol. The van der Waals surface area contributed by atoms with Crippen molar-refractivity contribution in [2.45, 2.75) is 26.4 Å². The predicted molar refractivity (Wildman–Crippen MR) is 120 cm³/mol. The van der Waals surface area contributed by atoms with E-state index in [0.717, 1.165) is 0 Å². The van der Waals surface area contributed by atoms with Gasteiger partial charge in [-0.1, -0.05) is 6.07 Å². The molecule has 2 N–H and O–H groups in total. The Hall–Kier alpha value is -3.75. The van der Waals surface area contributed by atoms with Gasteiger partial charge in [-0.3, -0.25) is 9.59 Å². The smallest absolute Gasteiger partial charge is 0.325 e. The van der Waals surface area contributed by atoms with Crippen molar-refractivity contribution in [3.05, 3.63) is 53.6 Å². The molecule has 0 unspecified atom stereocenters. The van der Waals surface area contributed by atoms with Crippen LogP contribution in [-0.2, 0) is 16.1 Å². The zero-order valence-corrected chi connectivity index (χ0v) is 18.9. The fourth-order valence-corrected chi connectivity index (χ4v) is 2.94. The second kappa shape index (κ2) is 11.6. The van der Waals surface area contributed by atoms with Crippen molar-refractivity contribution >= 4 is 23.6 Å². The van der Waals surface area contributed by atoms with E-state index in [9.17, 15) is 14.4 Å². The second-order valence-electron chi connectivity index (χ2n) is 7.29. The van der Waals surface area contributed by atoms with E-state index in [1.165, 1.54) is 26.2 Å². The molecule has 0 fully saturated rings. The first-order valence-corrected chi connectivity index (χ1v) is 10.0. The molecular weight excluding hydrogens is 414 g/mol. The average Bonchev–Trinajstić information content (AvgIpc) is 2.77. The minimum absolute atomic E-state index is 0.0322. The number of ether oxygens (including phenoxy) is 3. The molecule has 2 aromatic carbocycles. The van der Waals surface area contributed by atoms with Gasteiger partial charge in [-0.05, 0) is 49.7 Å². The lowest BCUT2D eigenvalue weighted by molar-refractivity contribution is -0.141. The maximum absolute atomic E-state index is 13.3. The number of hydrogen-bond acceptors (Lipinski definition) is 6. The number of methoxy groups -OCH3 is 3. The highest BCUT2D eigenvalue weighted by atomic mass is 16.5. The Morgan fingerprint density at radius 1 is 0.969 bits per heavy atom. The van der Waals surface area contributed by atoms with Crippen LogP contribution in [0.4, 0.5) is 10.5 Å². The third kappa shape index (κ3) is 7.19. The summed E-state index contributed by atoms with van der Waals surface area (Å²) >= 11 is 0. The number of esters is 1. The van der Waals surface area contributed by atoms with E-state index in [2.05, 4.69) is 10.6 Å². The SMILES string of the molecule is COC(=O)CN(Cc1cc(OC)cc(OC)c1)C(=O)c1cccc(NC(=O)NC(C)C)c1. The van der Waals surface area contributed by atoms with Crippen LogP contribution >= 0.6 is 0 Å². The summed E-state index contributed by atoms with van der Waals surface area (Å²) in [5, 5.41) is 5.41. The Morgan fingerprint density at radius 2 is 1.62 bits per heavy atom. The third-order valence-corrected chi connectivity index (χ3v) is 4.41. The summed E-state index contributed by atoms with van der Waals surface area (Å²) in [5.41, 5.74) is 1.48. The summed E-state index contributed by atoms with van der Waals surface area (Å²) in [7, 11) is 4.32. The van der Waals surface area contributed by atoms with E-state index in [4.69, 9.17) is 14.2 Å². The Bertz CT molecular complexity index is 938. The van der Waals surface area contributed by atoms with Gasteiger partial charge in [0, 0.05) is 29.9 Å². The van der Waals surface area contributed by atoms with Gasteiger partial charge in [0.05, 0.1) is 21.3 Å². The van der Waals surface area contributed by atoms with Gasteiger partial charge < -0.3 is 29.7 Å². The number of rotatable bonds is 9. The van der Waals surface area contributed by atoms with E-state index in [-0.39, 0.29) is 25.2 Å². The molecule has 0 aromatic heterocycles. The van der Waals surface area contributed by atoms with Crippen LogP contribution < -0.4 is 20.1 Å². The normalized spacial score (nSPS) is 10.3. The maximum atomic E-state index is 13.3. The van der Waals surface area contributed by atoms with Gasteiger partial charge in [0.25, 0.3) is 5.91 Å². The van der Waals surface area contributed by atoms with Crippen molar-refractivity contribution in [1.82, 2.24) is 10.2 Å². The fourth-order valence-electron chi connectivity index (χ4n) is 2.94. The first-order valence-electron chi connectivity index (χ1n) is 10.0. The Morgan fingerprint density at radius 3 is 2.19 bits per heavy atom.